The molecule has 2 amide bonds. The first-order valence-corrected chi connectivity index (χ1v) is 23.0. The Kier molecular flexibility index (Phi) is 12.3. The van der Waals surface area contributed by atoms with Crippen molar-refractivity contribution in [2.24, 2.45) is 29.2 Å². The van der Waals surface area contributed by atoms with Gasteiger partial charge in [0, 0.05) is 54.7 Å². The molecule has 7 atom stereocenters. The quantitative estimate of drug-likeness (QED) is 0.152. The van der Waals surface area contributed by atoms with Crippen molar-refractivity contribution in [3.63, 3.8) is 0 Å². The average Bonchev–Trinajstić information content (AvgIpc) is 3.55. The lowest BCUT2D eigenvalue weighted by molar-refractivity contribution is -0.148. The highest BCUT2D eigenvalue weighted by Crippen LogP contribution is 2.47. The Morgan fingerprint density at radius 2 is 1.92 bits per heavy atom. The zero-order valence-electron chi connectivity index (χ0n) is 34.6. The molecule has 61 heavy (non-hydrogen) atoms. The van der Waals surface area contributed by atoms with E-state index in [9.17, 15) is 19.5 Å². The third-order valence-electron chi connectivity index (χ3n) is 12.6. The molecular weight excluding hydrogens is 818 g/mol. The molecule has 3 heterocycles. The van der Waals surface area contributed by atoms with Crippen LogP contribution in [-0.2, 0) is 44.8 Å². The van der Waals surface area contributed by atoms with Gasteiger partial charge in [-0.1, -0.05) is 61.0 Å². The summed E-state index contributed by atoms with van der Waals surface area (Å²) in [5, 5.41) is 16.6. The summed E-state index contributed by atoms with van der Waals surface area (Å²) in [6.45, 7) is 3.31. The fourth-order valence-electron chi connectivity index (χ4n) is 9.33. The van der Waals surface area contributed by atoms with E-state index in [4.69, 9.17) is 25.8 Å². The Balaban J connectivity index is 1.18. The maximum Gasteiger partial charge on any atom is 0.306 e. The predicted octanol–water partition coefficient (Wildman–Crippen LogP) is 6.65. The number of carbonyl (C=O) groups is 3. The summed E-state index contributed by atoms with van der Waals surface area (Å²) in [4.78, 5) is 43.9. The van der Waals surface area contributed by atoms with E-state index in [0.717, 1.165) is 37.7 Å². The van der Waals surface area contributed by atoms with Crippen LogP contribution >= 0.6 is 11.6 Å². The number of fused-ring (bicyclic) bond motifs is 4. The van der Waals surface area contributed by atoms with Gasteiger partial charge >= 0.3 is 5.97 Å². The molecule has 3 aromatic carbocycles. The van der Waals surface area contributed by atoms with E-state index >= 15 is 4.21 Å². The van der Waals surface area contributed by atoms with Gasteiger partial charge in [0.1, 0.15) is 27.3 Å². The van der Waals surface area contributed by atoms with Crippen molar-refractivity contribution < 1.29 is 37.9 Å². The van der Waals surface area contributed by atoms with Gasteiger partial charge in [-0.15, -0.1) is 9.46 Å². The predicted molar refractivity (Wildman–Crippen MR) is 232 cm³/mol. The summed E-state index contributed by atoms with van der Waals surface area (Å²) in [7, 11) is -0.962. The van der Waals surface area contributed by atoms with Gasteiger partial charge in [-0.2, -0.15) is 0 Å². The van der Waals surface area contributed by atoms with Crippen molar-refractivity contribution in [2.75, 3.05) is 37.5 Å². The number of anilines is 1. The average molecular weight is 870 g/mol. The normalized spacial score (nSPS) is 27.9. The number of aliphatic hydroxyl groups excluding tert-OH is 1. The molecule has 322 valence electrons. The first-order chi connectivity index (χ1) is 29.3. The number of aryl methyl sites for hydroxylation is 3. The van der Waals surface area contributed by atoms with E-state index in [-0.39, 0.29) is 46.4 Å². The van der Waals surface area contributed by atoms with Crippen LogP contribution in [-0.4, -0.2) is 81.6 Å². The van der Waals surface area contributed by atoms with Gasteiger partial charge in [-0.05, 0) is 103 Å². The smallest absolute Gasteiger partial charge is 0.306 e. The molecule has 2 aliphatic heterocycles. The van der Waals surface area contributed by atoms with Crippen LogP contribution in [0.3, 0.4) is 0 Å². The number of nitrogens with one attached hydrogen (secondary N) is 1. The maximum absolute atomic E-state index is 15.1. The van der Waals surface area contributed by atoms with E-state index in [1.54, 1.807) is 44.3 Å². The van der Waals surface area contributed by atoms with Gasteiger partial charge in [-0.3, -0.25) is 23.8 Å². The summed E-state index contributed by atoms with van der Waals surface area (Å²) in [5.41, 5.74) is 3.85. The van der Waals surface area contributed by atoms with Crippen LogP contribution in [0.25, 0.3) is 0 Å². The second-order valence-electron chi connectivity index (χ2n) is 16.9. The van der Waals surface area contributed by atoms with Crippen molar-refractivity contribution in [1.29, 1.82) is 0 Å². The monoisotopic (exact) mass is 869 g/mol. The van der Waals surface area contributed by atoms with E-state index in [0.29, 0.717) is 42.6 Å². The number of esters is 1. The highest BCUT2D eigenvalue weighted by Gasteiger charge is 2.44. The number of nitrogens with zero attached hydrogens (tertiary/aromatic N) is 4. The molecule has 0 radical (unpaired) electrons. The number of ether oxygens (including phenoxy) is 3. The van der Waals surface area contributed by atoms with Crippen LogP contribution in [0.2, 0.25) is 5.02 Å². The van der Waals surface area contributed by atoms with E-state index in [1.165, 1.54) is 29.1 Å². The first kappa shape index (κ1) is 42.5. The molecule has 2 N–H and O–H groups in total. The van der Waals surface area contributed by atoms with Crippen LogP contribution in [0, 0.1) is 17.8 Å². The Bertz CT molecular complexity index is 2470. The molecule has 1 fully saturated rings. The molecule has 15 heteroatoms. The molecule has 1 aromatic heterocycles. The lowest BCUT2D eigenvalue weighted by atomic mass is 9.68. The molecule has 8 rings (SSSR count). The van der Waals surface area contributed by atoms with Crippen molar-refractivity contribution in [3.05, 3.63) is 118 Å². The summed E-state index contributed by atoms with van der Waals surface area (Å²) in [5.74, 6) is -2.59. The van der Waals surface area contributed by atoms with Crippen molar-refractivity contribution >= 4 is 45.0 Å². The second kappa shape index (κ2) is 17.7. The minimum absolute atomic E-state index is 0.000624. The van der Waals surface area contributed by atoms with E-state index in [2.05, 4.69) is 25.1 Å². The standard InChI is InChI=1S/C46H52ClN5O8S/c1-29-26-61(57,50-44(56)36-25-51(2)48-45(36)58-3)49-43(55)32-13-18-41-38(23-32)52(27-46(28-59-41)21-7-10-31-22-34(47)14-16-37(31)46)24-33-12-15-35(33)39(53)17-19-40(29)60-42(54)20-11-30-8-5-4-6-9-30/h4-6,8-9,13-14,16-19,22-23,25,29,33,35,39-40,53H,7,10-12,15,20-21,24,26-28H2,1-3H3,(H,49,50,55,56,57)/b19-17+/t29-,33+,35-,39+,40+,46+,61+/m1/s1. The number of amides is 2. The zero-order valence-corrected chi connectivity index (χ0v) is 36.2. The van der Waals surface area contributed by atoms with Crippen molar-refractivity contribution in [1.82, 2.24) is 14.5 Å². The molecular formula is C46H52ClN5O8S. The third-order valence-corrected chi connectivity index (χ3v) is 14.8. The molecule has 4 aliphatic rings. The molecule has 1 saturated carbocycles. The second-order valence-corrected chi connectivity index (χ2v) is 19.4. The summed E-state index contributed by atoms with van der Waals surface area (Å²) in [6.07, 6.45) is 7.87. The van der Waals surface area contributed by atoms with Gasteiger partial charge in [0.25, 0.3) is 11.8 Å². The van der Waals surface area contributed by atoms with Crippen LogP contribution in [0.4, 0.5) is 5.69 Å². The first-order valence-electron chi connectivity index (χ1n) is 20.9. The number of benzene rings is 3. The third kappa shape index (κ3) is 9.22. The Morgan fingerprint density at radius 1 is 1.10 bits per heavy atom. The number of hydrogen-bond donors (Lipinski definition) is 2. The minimum Gasteiger partial charge on any atom is -0.490 e. The molecule has 0 unspecified atom stereocenters. The molecule has 2 aliphatic carbocycles. The van der Waals surface area contributed by atoms with Crippen LogP contribution in [0.15, 0.2) is 89.4 Å². The Hall–Kier alpha value is -5.18. The molecule has 13 nitrogen and oxygen atoms in total. The number of methoxy groups -OCH3 is 1. The summed E-state index contributed by atoms with van der Waals surface area (Å²) >= 11 is 6.48. The van der Waals surface area contributed by atoms with Gasteiger partial charge in [0.15, 0.2) is 0 Å². The van der Waals surface area contributed by atoms with E-state index < -0.39 is 45.8 Å². The minimum atomic E-state index is -3.93. The molecule has 0 saturated heterocycles. The topological polar surface area (TPSA) is 162 Å². The SMILES string of the molecule is COc1nn(C)cc1C(=O)N[S@@]1(=O)=NC(=O)c2ccc3c(c2)N(C[C@@H]2CC[C@H]2[C@@H](O)/C=C/[C@H](OC(=O)CCc2ccccc2)[C@H](C)C1)C[C@@]1(CCCc2cc(Cl)ccc21)CO3. The number of hydrogen-bond acceptors (Lipinski definition) is 10. The van der Waals surface area contributed by atoms with Crippen molar-refractivity contribution in [3.8, 4) is 11.6 Å². The highest BCUT2D eigenvalue weighted by atomic mass is 35.5. The Morgan fingerprint density at radius 3 is 2.69 bits per heavy atom. The largest absolute Gasteiger partial charge is 0.490 e. The fourth-order valence-corrected chi connectivity index (χ4v) is 11.4. The molecule has 4 aromatic rings. The summed E-state index contributed by atoms with van der Waals surface area (Å²) < 4.78 is 41.3. The maximum atomic E-state index is 15.1. The molecule has 2 bridgehead atoms. The number of halogens is 1. The van der Waals surface area contributed by atoms with Crippen LogP contribution in [0.1, 0.15) is 76.4 Å². The highest BCUT2D eigenvalue weighted by molar-refractivity contribution is 7.92. The summed E-state index contributed by atoms with van der Waals surface area (Å²) in [6, 6.07) is 20.7. The number of aliphatic hydroxyl groups is 1. The van der Waals surface area contributed by atoms with Crippen molar-refractivity contribution in [2.45, 2.75) is 69.5 Å². The Labute approximate surface area is 361 Å². The number of aromatic nitrogens is 2. The van der Waals surface area contributed by atoms with Gasteiger partial charge in [0.2, 0.25) is 5.88 Å². The van der Waals surface area contributed by atoms with Gasteiger partial charge in [-0.25, -0.2) is 4.21 Å². The van der Waals surface area contributed by atoms with Crippen LogP contribution < -0.4 is 19.1 Å². The van der Waals surface area contributed by atoms with Gasteiger partial charge in [0.05, 0.1) is 31.3 Å². The number of carbonyl (C=O) groups excluding carboxylic acids is 3. The fraction of sp³-hybridized carbons (Fsp3) is 0.435. The lowest BCUT2D eigenvalue weighted by Gasteiger charge is -2.45. The number of rotatable bonds is 7. The van der Waals surface area contributed by atoms with Gasteiger partial charge < -0.3 is 24.2 Å². The van der Waals surface area contributed by atoms with Crippen LogP contribution in [0.5, 0.6) is 11.6 Å². The zero-order chi connectivity index (χ0) is 42.9. The van der Waals surface area contributed by atoms with E-state index in [1.807, 2.05) is 42.5 Å². The lowest BCUT2D eigenvalue weighted by Crippen LogP contribution is -2.49. The molecule has 1 spiro atoms.